The summed E-state index contributed by atoms with van der Waals surface area (Å²) in [5.41, 5.74) is -0.531. The van der Waals surface area contributed by atoms with Crippen molar-refractivity contribution >= 4 is 43.1 Å². The number of para-hydroxylation sites is 1. The van der Waals surface area contributed by atoms with Crippen LogP contribution in [-0.2, 0) is 31.9 Å². The lowest BCUT2D eigenvalue weighted by Crippen LogP contribution is -2.47. The van der Waals surface area contributed by atoms with Gasteiger partial charge in [0.15, 0.2) is 0 Å². The van der Waals surface area contributed by atoms with E-state index in [9.17, 15) is 22.8 Å². The van der Waals surface area contributed by atoms with Crippen molar-refractivity contribution in [1.82, 2.24) is 19.4 Å². The van der Waals surface area contributed by atoms with Crippen molar-refractivity contribution < 1.29 is 37.0 Å². The fourth-order valence-electron chi connectivity index (χ4n) is 5.22. The van der Waals surface area contributed by atoms with E-state index in [1.165, 1.54) is 13.2 Å². The van der Waals surface area contributed by atoms with Gasteiger partial charge in [-0.1, -0.05) is 37.8 Å². The molecule has 0 unspecified atom stereocenters. The number of nitrogens with one attached hydrogen (secondary N) is 1. The number of ether oxygens (including phenoxy) is 3. The number of aromatic nitrogens is 3. The molecule has 0 aliphatic carbocycles. The van der Waals surface area contributed by atoms with Crippen molar-refractivity contribution in [1.29, 1.82) is 0 Å². The minimum Gasteiger partial charge on any atom is -0.466 e. The summed E-state index contributed by atoms with van der Waals surface area (Å²) < 4.78 is 61.3. The van der Waals surface area contributed by atoms with Gasteiger partial charge in [0.1, 0.15) is 17.9 Å². The fourth-order valence-corrected chi connectivity index (χ4v) is 5.97. The standard InChI is InChI=1S/C33H44F3N5O5Si/c1-32(2,3)46-31(43)40-15-9-11-23(19-40)38-30-37-18-26(33(34,35)36)28(39-30)25-20-41(21-45-16-17-47(5,6)7)29-22(10-8-12-24(25)29)13-14-27(42)44-4/h8,10,12-14,18,20,23H,9,11,15-17,19,21H2,1-7H3,(H,37,38,39)/t23-/m0/s1. The van der Waals surface area contributed by atoms with E-state index in [1.54, 1.807) is 60.7 Å². The van der Waals surface area contributed by atoms with Gasteiger partial charge >= 0.3 is 18.2 Å². The first-order valence-electron chi connectivity index (χ1n) is 15.6. The van der Waals surface area contributed by atoms with Crippen molar-refractivity contribution in [2.75, 3.05) is 32.1 Å². The Kier molecular flexibility index (Phi) is 11.1. The van der Waals surface area contributed by atoms with E-state index in [-0.39, 0.29) is 30.0 Å². The number of piperidine rings is 1. The molecule has 3 aromatic rings. The van der Waals surface area contributed by atoms with Crippen LogP contribution in [0.5, 0.6) is 0 Å². The summed E-state index contributed by atoms with van der Waals surface area (Å²) in [6.07, 6.45) is 1.37. The van der Waals surface area contributed by atoms with Gasteiger partial charge in [0.05, 0.1) is 18.3 Å². The van der Waals surface area contributed by atoms with Crippen LogP contribution >= 0.6 is 0 Å². The number of nitrogens with zero attached hydrogens (tertiary/aromatic N) is 4. The van der Waals surface area contributed by atoms with Crippen molar-refractivity contribution in [3.05, 3.63) is 47.8 Å². The summed E-state index contributed by atoms with van der Waals surface area (Å²) in [6, 6.07) is 5.81. The molecule has 0 spiro atoms. The third kappa shape index (κ3) is 9.80. The first-order chi connectivity index (χ1) is 21.9. The zero-order valence-electron chi connectivity index (χ0n) is 28.0. The maximum atomic E-state index is 14.4. The third-order valence-electron chi connectivity index (χ3n) is 7.51. The number of halogens is 3. The lowest BCUT2D eigenvalue weighted by atomic mass is 10.0. The van der Waals surface area contributed by atoms with E-state index in [0.717, 1.165) is 12.2 Å². The normalized spacial score (nSPS) is 16.1. The molecule has 1 atom stereocenters. The second-order valence-electron chi connectivity index (χ2n) is 13.8. The van der Waals surface area contributed by atoms with Crippen molar-refractivity contribution in [3.63, 3.8) is 0 Å². The average molecular weight is 676 g/mol. The van der Waals surface area contributed by atoms with Gasteiger partial charge in [-0.05, 0) is 51.3 Å². The van der Waals surface area contributed by atoms with Crippen LogP contribution in [0.15, 0.2) is 36.7 Å². The molecule has 1 fully saturated rings. The van der Waals surface area contributed by atoms with Crippen LogP contribution in [0.4, 0.5) is 23.9 Å². The Bertz CT molecular complexity index is 1610. The number of fused-ring (bicyclic) bond motifs is 1. The Morgan fingerprint density at radius 3 is 2.57 bits per heavy atom. The number of amides is 1. The highest BCUT2D eigenvalue weighted by Gasteiger charge is 2.37. The number of carbonyl (C=O) groups is 2. The van der Waals surface area contributed by atoms with Gasteiger partial charge in [0.2, 0.25) is 5.95 Å². The molecule has 0 saturated carbocycles. The number of methoxy groups -OCH3 is 1. The molecule has 0 bridgehead atoms. The Labute approximate surface area is 274 Å². The molecule has 47 heavy (non-hydrogen) atoms. The largest absolute Gasteiger partial charge is 0.466 e. The summed E-state index contributed by atoms with van der Waals surface area (Å²) in [6.45, 7) is 13.5. The molecule has 14 heteroatoms. The number of rotatable bonds is 10. The molecule has 3 heterocycles. The summed E-state index contributed by atoms with van der Waals surface area (Å²) in [7, 11) is -0.120. The van der Waals surface area contributed by atoms with Gasteiger partial charge in [-0.2, -0.15) is 13.2 Å². The van der Waals surface area contributed by atoms with Crippen LogP contribution in [0, 0.1) is 0 Å². The molecule has 4 rings (SSSR count). The van der Waals surface area contributed by atoms with E-state index in [2.05, 4.69) is 34.9 Å². The number of alkyl halides is 3. The predicted octanol–water partition coefficient (Wildman–Crippen LogP) is 7.43. The maximum absolute atomic E-state index is 14.4. The zero-order chi connectivity index (χ0) is 34.6. The Morgan fingerprint density at radius 1 is 1.17 bits per heavy atom. The van der Waals surface area contributed by atoms with Gasteiger partial charge in [0, 0.05) is 63.2 Å². The highest BCUT2D eigenvalue weighted by Crippen LogP contribution is 2.40. The number of esters is 1. The third-order valence-corrected chi connectivity index (χ3v) is 9.22. The highest BCUT2D eigenvalue weighted by molar-refractivity contribution is 6.76. The Hall–Kier alpha value is -3.91. The maximum Gasteiger partial charge on any atom is 0.419 e. The predicted molar refractivity (Wildman–Crippen MR) is 178 cm³/mol. The molecule has 1 saturated heterocycles. The first kappa shape index (κ1) is 35.9. The number of benzene rings is 1. The fraction of sp³-hybridized carbons (Fsp3) is 0.515. The van der Waals surface area contributed by atoms with Crippen LogP contribution in [0.25, 0.3) is 28.2 Å². The van der Waals surface area contributed by atoms with Crippen LogP contribution in [0.1, 0.15) is 44.7 Å². The van der Waals surface area contributed by atoms with Crippen LogP contribution < -0.4 is 5.32 Å². The van der Waals surface area contributed by atoms with E-state index in [1.807, 2.05) is 0 Å². The molecular formula is C33H44F3N5O5Si. The second kappa shape index (κ2) is 14.5. The summed E-state index contributed by atoms with van der Waals surface area (Å²) in [5.74, 6) is -0.552. The van der Waals surface area contributed by atoms with Crippen LogP contribution in [0.2, 0.25) is 25.7 Å². The molecule has 0 radical (unpaired) electrons. The molecule has 1 amide bonds. The lowest BCUT2D eigenvalue weighted by Gasteiger charge is -2.34. The number of likely N-dealkylation sites (tertiary alicyclic amines) is 1. The number of hydrogen-bond acceptors (Lipinski definition) is 8. The van der Waals surface area contributed by atoms with E-state index in [4.69, 9.17) is 14.2 Å². The SMILES string of the molecule is COC(=O)C=Cc1cccc2c(-c3nc(N[C@H]4CCCN(C(=O)OC(C)(C)C)C4)ncc3C(F)(F)F)cn(COCC[Si](C)(C)C)c12. The van der Waals surface area contributed by atoms with Crippen molar-refractivity contribution in [2.24, 2.45) is 0 Å². The number of anilines is 1. The smallest absolute Gasteiger partial charge is 0.419 e. The molecular weight excluding hydrogens is 631 g/mol. The monoisotopic (exact) mass is 675 g/mol. The Balaban J connectivity index is 1.74. The summed E-state index contributed by atoms with van der Waals surface area (Å²) in [4.78, 5) is 34.6. The quantitative estimate of drug-likeness (QED) is 0.102. The second-order valence-corrected chi connectivity index (χ2v) is 19.4. The zero-order valence-corrected chi connectivity index (χ0v) is 29.0. The topological polar surface area (TPSA) is 108 Å². The molecule has 1 aliphatic rings. The number of hydrogen-bond donors (Lipinski definition) is 1. The van der Waals surface area contributed by atoms with E-state index in [0.29, 0.717) is 49.0 Å². The molecule has 2 aromatic heterocycles. The van der Waals surface area contributed by atoms with Crippen LogP contribution in [0.3, 0.4) is 0 Å². The molecule has 1 N–H and O–H groups in total. The van der Waals surface area contributed by atoms with E-state index >= 15 is 0 Å². The van der Waals surface area contributed by atoms with E-state index < -0.39 is 37.5 Å². The summed E-state index contributed by atoms with van der Waals surface area (Å²) in [5, 5.41) is 3.64. The van der Waals surface area contributed by atoms with Gasteiger partial charge in [-0.3, -0.25) is 0 Å². The minimum absolute atomic E-state index is 0.0121. The molecule has 10 nitrogen and oxygen atoms in total. The minimum atomic E-state index is -4.74. The average Bonchev–Trinajstić information content (AvgIpc) is 3.35. The molecule has 1 aromatic carbocycles. The van der Waals surface area contributed by atoms with Crippen molar-refractivity contribution in [3.8, 4) is 11.3 Å². The van der Waals surface area contributed by atoms with Gasteiger partial charge in [0.25, 0.3) is 0 Å². The number of carbonyl (C=O) groups excluding carboxylic acids is 2. The van der Waals surface area contributed by atoms with Crippen LogP contribution in [-0.4, -0.2) is 78.0 Å². The first-order valence-corrected chi connectivity index (χ1v) is 19.3. The van der Waals surface area contributed by atoms with Gasteiger partial charge in [-0.25, -0.2) is 19.6 Å². The van der Waals surface area contributed by atoms with Gasteiger partial charge < -0.3 is 29.0 Å². The van der Waals surface area contributed by atoms with Gasteiger partial charge in [-0.15, -0.1) is 0 Å². The highest BCUT2D eigenvalue weighted by atomic mass is 28.3. The summed E-state index contributed by atoms with van der Waals surface area (Å²) >= 11 is 0. The molecule has 1 aliphatic heterocycles. The Morgan fingerprint density at radius 2 is 1.91 bits per heavy atom. The lowest BCUT2D eigenvalue weighted by molar-refractivity contribution is -0.137. The molecule has 256 valence electrons. The van der Waals surface area contributed by atoms with Crippen molar-refractivity contribution in [2.45, 2.75) is 83.8 Å².